The lowest BCUT2D eigenvalue weighted by molar-refractivity contribution is 0.390. The number of rotatable bonds is 7. The van der Waals surface area contributed by atoms with Crippen LogP contribution in [0.2, 0.25) is 0 Å². The molecule has 1 saturated carbocycles. The number of aromatic nitrogens is 2. The van der Waals surface area contributed by atoms with Crippen LogP contribution < -0.4 is 14.2 Å². The lowest BCUT2D eigenvalue weighted by Crippen LogP contribution is -2.23. The van der Waals surface area contributed by atoms with Gasteiger partial charge in [-0.05, 0) is 83.4 Å². The third-order valence-electron chi connectivity index (χ3n) is 6.27. The molecule has 7 nitrogen and oxygen atoms in total. The van der Waals surface area contributed by atoms with E-state index in [-0.39, 0.29) is 16.4 Å². The molecular weight excluding hydrogens is 549 g/mol. The maximum absolute atomic E-state index is 13.2. The molecule has 2 aromatic carbocycles. The van der Waals surface area contributed by atoms with Crippen LogP contribution in [0.25, 0.3) is 16.9 Å². The van der Waals surface area contributed by atoms with Crippen LogP contribution in [0, 0.1) is 5.82 Å². The standard InChI is InChI=1S/C26H25BrFN3O4S/c1-34-23-15-17(7-13-22(23)35-36(32,33)21-11-9-19(28)10-12-21)25-26(29-20-5-3-2-4-6-20)31-16-18(27)8-14-24(31)30-25/h7-16,20,29H,2-6H2,1H3. The van der Waals surface area contributed by atoms with Crippen molar-refractivity contribution in [3.05, 3.63) is 71.1 Å². The highest BCUT2D eigenvalue weighted by molar-refractivity contribution is 9.10. The number of hydrogen-bond acceptors (Lipinski definition) is 6. The molecule has 2 heterocycles. The van der Waals surface area contributed by atoms with Gasteiger partial charge in [0, 0.05) is 22.3 Å². The van der Waals surface area contributed by atoms with Crippen molar-refractivity contribution in [1.29, 1.82) is 0 Å². The predicted octanol–water partition coefficient (Wildman–Crippen LogP) is 6.42. The van der Waals surface area contributed by atoms with Crippen molar-refractivity contribution < 1.29 is 21.7 Å². The number of pyridine rings is 1. The Hall–Kier alpha value is -3.11. The number of nitrogens with zero attached hydrogens (tertiary/aromatic N) is 2. The van der Waals surface area contributed by atoms with Crippen LogP contribution in [-0.2, 0) is 10.1 Å². The van der Waals surface area contributed by atoms with Crippen molar-refractivity contribution in [1.82, 2.24) is 9.38 Å². The third-order valence-corrected chi connectivity index (χ3v) is 7.98. The van der Waals surface area contributed by atoms with Crippen LogP contribution in [0.3, 0.4) is 0 Å². The summed E-state index contributed by atoms with van der Waals surface area (Å²) in [5.74, 6) is 0.597. The maximum Gasteiger partial charge on any atom is 0.339 e. The van der Waals surface area contributed by atoms with Gasteiger partial charge >= 0.3 is 10.1 Å². The molecule has 188 valence electrons. The number of hydrogen-bond donors (Lipinski definition) is 1. The summed E-state index contributed by atoms with van der Waals surface area (Å²) < 4.78 is 52.5. The van der Waals surface area contributed by atoms with Crippen LogP contribution in [0.5, 0.6) is 11.5 Å². The molecule has 0 radical (unpaired) electrons. The topological polar surface area (TPSA) is 81.9 Å². The van der Waals surface area contributed by atoms with E-state index in [1.54, 1.807) is 18.2 Å². The van der Waals surface area contributed by atoms with E-state index in [0.717, 1.165) is 64.3 Å². The number of fused-ring (bicyclic) bond motifs is 1. The Kier molecular flexibility index (Phi) is 6.90. The second-order valence-electron chi connectivity index (χ2n) is 8.72. The summed E-state index contributed by atoms with van der Waals surface area (Å²) in [4.78, 5) is 4.70. The van der Waals surface area contributed by atoms with E-state index in [4.69, 9.17) is 13.9 Å². The molecule has 10 heteroatoms. The first kappa shape index (κ1) is 24.6. The fraction of sp³-hybridized carbons (Fsp3) is 0.269. The zero-order chi connectivity index (χ0) is 25.3. The molecule has 0 bridgehead atoms. The van der Waals surface area contributed by atoms with Crippen LogP contribution >= 0.6 is 15.9 Å². The van der Waals surface area contributed by atoms with Gasteiger partial charge in [-0.25, -0.2) is 9.37 Å². The minimum Gasteiger partial charge on any atom is -0.493 e. The second kappa shape index (κ2) is 10.1. The summed E-state index contributed by atoms with van der Waals surface area (Å²) >= 11 is 3.55. The van der Waals surface area contributed by atoms with Gasteiger partial charge in [-0.3, -0.25) is 4.40 Å². The Bertz CT molecular complexity index is 1500. The van der Waals surface area contributed by atoms with E-state index < -0.39 is 15.9 Å². The highest BCUT2D eigenvalue weighted by Gasteiger charge is 2.23. The molecule has 0 amide bonds. The molecule has 1 fully saturated rings. The fourth-order valence-corrected chi connectivity index (χ4v) is 5.73. The van der Waals surface area contributed by atoms with Gasteiger partial charge in [0.2, 0.25) is 0 Å². The van der Waals surface area contributed by atoms with Gasteiger partial charge in [-0.2, -0.15) is 8.42 Å². The second-order valence-corrected chi connectivity index (χ2v) is 11.2. The number of halogens is 2. The number of benzene rings is 2. The Morgan fingerprint density at radius 3 is 2.50 bits per heavy atom. The van der Waals surface area contributed by atoms with E-state index in [0.29, 0.717) is 6.04 Å². The van der Waals surface area contributed by atoms with Crippen LogP contribution in [0.1, 0.15) is 32.1 Å². The summed E-state index contributed by atoms with van der Waals surface area (Å²) in [5.41, 5.74) is 2.26. The molecule has 0 spiro atoms. The van der Waals surface area contributed by atoms with E-state index in [1.165, 1.54) is 26.4 Å². The molecular formula is C26H25BrFN3O4S. The smallest absolute Gasteiger partial charge is 0.339 e. The molecule has 1 N–H and O–H groups in total. The van der Waals surface area contributed by atoms with Gasteiger partial charge in [-0.15, -0.1) is 0 Å². The molecule has 0 saturated heterocycles. The Labute approximate surface area is 217 Å². The van der Waals surface area contributed by atoms with E-state index in [1.807, 2.05) is 22.7 Å². The van der Waals surface area contributed by atoms with Crippen molar-refractivity contribution in [2.45, 2.75) is 43.0 Å². The van der Waals surface area contributed by atoms with Crippen molar-refractivity contribution in [3.8, 4) is 22.8 Å². The number of imidazole rings is 1. The average Bonchev–Trinajstić information content (AvgIpc) is 3.22. The minimum atomic E-state index is -4.18. The van der Waals surface area contributed by atoms with Gasteiger partial charge in [0.15, 0.2) is 11.5 Å². The highest BCUT2D eigenvalue weighted by Crippen LogP contribution is 2.38. The molecule has 0 aliphatic heterocycles. The van der Waals surface area contributed by atoms with E-state index in [9.17, 15) is 12.8 Å². The molecule has 0 atom stereocenters. The number of nitrogens with one attached hydrogen (secondary N) is 1. The zero-order valence-corrected chi connectivity index (χ0v) is 22.0. The molecule has 1 aliphatic rings. The maximum atomic E-state index is 13.2. The van der Waals surface area contributed by atoms with E-state index in [2.05, 4.69) is 21.2 Å². The summed E-state index contributed by atoms with van der Waals surface area (Å²) in [5, 5.41) is 3.70. The Morgan fingerprint density at radius 2 is 1.78 bits per heavy atom. The van der Waals surface area contributed by atoms with Gasteiger partial charge < -0.3 is 14.2 Å². The number of ether oxygens (including phenoxy) is 1. The summed E-state index contributed by atoms with van der Waals surface area (Å²) in [6.07, 6.45) is 7.80. The van der Waals surface area contributed by atoms with Crippen molar-refractivity contribution >= 4 is 37.5 Å². The lowest BCUT2D eigenvalue weighted by Gasteiger charge is -2.24. The summed E-state index contributed by atoms with van der Waals surface area (Å²) in [7, 11) is -2.73. The van der Waals surface area contributed by atoms with Crippen molar-refractivity contribution in [3.63, 3.8) is 0 Å². The first-order valence-electron chi connectivity index (χ1n) is 11.7. The molecule has 0 unspecified atom stereocenters. The average molecular weight is 574 g/mol. The number of anilines is 1. The van der Waals surface area contributed by atoms with Gasteiger partial charge in [0.1, 0.15) is 27.9 Å². The molecule has 1 aliphatic carbocycles. The van der Waals surface area contributed by atoms with Crippen LogP contribution in [0.4, 0.5) is 10.2 Å². The lowest BCUT2D eigenvalue weighted by atomic mass is 9.95. The first-order chi connectivity index (χ1) is 17.3. The largest absolute Gasteiger partial charge is 0.493 e. The highest BCUT2D eigenvalue weighted by atomic mass is 79.9. The zero-order valence-electron chi connectivity index (χ0n) is 19.6. The molecule has 2 aromatic heterocycles. The van der Waals surface area contributed by atoms with Gasteiger partial charge in [0.05, 0.1) is 7.11 Å². The quantitative estimate of drug-likeness (QED) is 0.257. The molecule has 5 rings (SSSR count). The van der Waals surface area contributed by atoms with Crippen LogP contribution in [-0.4, -0.2) is 31.0 Å². The Morgan fingerprint density at radius 1 is 1.03 bits per heavy atom. The summed E-state index contributed by atoms with van der Waals surface area (Å²) in [6, 6.07) is 13.7. The van der Waals surface area contributed by atoms with Crippen LogP contribution in [0.15, 0.2) is 70.2 Å². The van der Waals surface area contributed by atoms with E-state index >= 15 is 0 Å². The van der Waals surface area contributed by atoms with Gasteiger partial charge in [0.25, 0.3) is 0 Å². The Balaban J connectivity index is 1.52. The number of methoxy groups -OCH3 is 1. The van der Waals surface area contributed by atoms with Gasteiger partial charge in [-0.1, -0.05) is 19.3 Å². The molecule has 36 heavy (non-hydrogen) atoms. The monoisotopic (exact) mass is 573 g/mol. The van der Waals surface area contributed by atoms with Crippen molar-refractivity contribution in [2.24, 2.45) is 0 Å². The summed E-state index contributed by atoms with van der Waals surface area (Å²) in [6.45, 7) is 0. The first-order valence-corrected chi connectivity index (χ1v) is 13.9. The fourth-order valence-electron chi connectivity index (χ4n) is 4.45. The molecule has 4 aromatic rings. The minimum absolute atomic E-state index is 0.0267. The predicted molar refractivity (Wildman–Crippen MR) is 140 cm³/mol. The van der Waals surface area contributed by atoms with Crippen molar-refractivity contribution in [2.75, 3.05) is 12.4 Å². The SMILES string of the molecule is COc1cc(-c2nc3ccc(Br)cn3c2NC2CCCCC2)ccc1OS(=O)(=O)c1ccc(F)cc1. The third kappa shape index (κ3) is 5.05. The normalized spacial score (nSPS) is 14.6.